The van der Waals surface area contributed by atoms with Crippen LogP contribution in [0.5, 0.6) is 0 Å². The number of nitrogens with zero attached hydrogens (tertiary/aromatic N) is 2. The molecule has 0 unspecified atom stereocenters. The number of rotatable bonds is 2. The van der Waals surface area contributed by atoms with Gasteiger partial charge in [-0.25, -0.2) is 12.8 Å². The van der Waals surface area contributed by atoms with Gasteiger partial charge in [0.2, 0.25) is 10.0 Å². The molecule has 0 spiro atoms. The van der Waals surface area contributed by atoms with Crippen LogP contribution in [0.4, 0.5) is 4.39 Å². The lowest BCUT2D eigenvalue weighted by molar-refractivity contribution is 0.431. The van der Waals surface area contributed by atoms with Gasteiger partial charge in [-0.3, -0.25) is 0 Å². The average Bonchev–Trinajstić information content (AvgIpc) is 2.91. The maximum absolute atomic E-state index is 13.6. The average molecular weight is 302 g/mol. The van der Waals surface area contributed by atoms with Gasteiger partial charge in [0.15, 0.2) is 0 Å². The maximum Gasteiger partial charge on any atom is 0.245 e. The first-order valence-corrected chi connectivity index (χ1v) is 7.73. The molecule has 0 atom stereocenters. The number of fused-ring (bicyclic) bond motifs is 1. The normalized spacial score (nSPS) is 14.7. The predicted octanol–water partition coefficient (Wildman–Crippen LogP) is 2.40. The fourth-order valence-corrected chi connectivity index (χ4v) is 3.99. The topological polar surface area (TPSA) is 61.2 Å². The smallest absolute Gasteiger partial charge is 0.207 e. The zero-order valence-electron chi connectivity index (χ0n) is 11.0. The molecule has 0 N–H and O–H groups in total. The number of nitriles is 1. The molecule has 2 aromatic rings. The third-order valence-electron chi connectivity index (χ3n) is 3.52. The summed E-state index contributed by atoms with van der Waals surface area (Å²) in [4.78, 5) is -0.280. The Bertz CT molecular complexity index is 831. The zero-order valence-corrected chi connectivity index (χ0v) is 11.8. The largest absolute Gasteiger partial charge is 0.245 e. The summed E-state index contributed by atoms with van der Waals surface area (Å²) < 4.78 is 40.2. The SMILES string of the molecule is N#Cc1c(F)cccc1S(=O)(=O)N1Cc2ccccc2C1. The Morgan fingerprint density at radius 3 is 2.24 bits per heavy atom. The van der Waals surface area contributed by atoms with Crippen LogP contribution in [-0.4, -0.2) is 12.7 Å². The van der Waals surface area contributed by atoms with Crippen LogP contribution in [0.25, 0.3) is 0 Å². The molecule has 21 heavy (non-hydrogen) atoms. The van der Waals surface area contributed by atoms with E-state index in [1.807, 2.05) is 24.3 Å². The highest BCUT2D eigenvalue weighted by Crippen LogP contribution is 2.30. The summed E-state index contributed by atoms with van der Waals surface area (Å²) in [7, 11) is -3.90. The van der Waals surface area contributed by atoms with Gasteiger partial charge in [-0.1, -0.05) is 30.3 Å². The van der Waals surface area contributed by atoms with E-state index in [1.54, 1.807) is 6.07 Å². The molecular formula is C15H11FN2O2S. The van der Waals surface area contributed by atoms with Gasteiger partial charge in [-0.05, 0) is 23.3 Å². The molecule has 0 fully saturated rings. The molecule has 0 radical (unpaired) electrons. The molecule has 0 aromatic heterocycles. The highest BCUT2D eigenvalue weighted by molar-refractivity contribution is 7.89. The van der Waals surface area contributed by atoms with Crippen LogP contribution in [-0.2, 0) is 23.1 Å². The van der Waals surface area contributed by atoms with E-state index in [-0.39, 0.29) is 18.0 Å². The molecular weight excluding hydrogens is 291 g/mol. The summed E-state index contributed by atoms with van der Waals surface area (Å²) in [6, 6.07) is 12.7. The molecule has 0 saturated carbocycles. The van der Waals surface area contributed by atoms with Crippen LogP contribution in [0.3, 0.4) is 0 Å². The monoisotopic (exact) mass is 302 g/mol. The van der Waals surface area contributed by atoms with E-state index in [0.717, 1.165) is 17.2 Å². The standard InChI is InChI=1S/C15H11FN2O2S/c16-14-6-3-7-15(13(14)8-17)21(19,20)18-9-11-4-1-2-5-12(11)10-18/h1-7H,9-10H2. The highest BCUT2D eigenvalue weighted by Gasteiger charge is 2.32. The van der Waals surface area contributed by atoms with Gasteiger partial charge in [-0.15, -0.1) is 0 Å². The second-order valence-corrected chi connectivity index (χ2v) is 6.67. The van der Waals surface area contributed by atoms with Crippen molar-refractivity contribution in [1.29, 1.82) is 5.26 Å². The summed E-state index contributed by atoms with van der Waals surface area (Å²) in [6.07, 6.45) is 0. The number of benzene rings is 2. The Morgan fingerprint density at radius 2 is 1.67 bits per heavy atom. The van der Waals surface area contributed by atoms with Crippen LogP contribution in [0.1, 0.15) is 16.7 Å². The molecule has 0 aliphatic carbocycles. The quantitative estimate of drug-likeness (QED) is 0.856. The lowest BCUT2D eigenvalue weighted by Crippen LogP contribution is -2.26. The van der Waals surface area contributed by atoms with E-state index in [2.05, 4.69) is 0 Å². The first kappa shape index (κ1) is 13.7. The minimum absolute atomic E-state index is 0.236. The Balaban J connectivity index is 2.05. The van der Waals surface area contributed by atoms with E-state index in [9.17, 15) is 12.8 Å². The Labute approximate surface area is 122 Å². The van der Waals surface area contributed by atoms with E-state index < -0.39 is 21.4 Å². The summed E-state index contributed by atoms with van der Waals surface area (Å²) in [6.45, 7) is 0.472. The van der Waals surface area contributed by atoms with Crippen LogP contribution in [0, 0.1) is 17.1 Å². The van der Waals surface area contributed by atoms with Gasteiger partial charge in [0.1, 0.15) is 22.3 Å². The Morgan fingerprint density at radius 1 is 1.05 bits per heavy atom. The summed E-state index contributed by atoms with van der Waals surface area (Å²) in [5, 5.41) is 9.01. The van der Waals surface area contributed by atoms with Crippen LogP contribution < -0.4 is 0 Å². The number of hydrogen-bond donors (Lipinski definition) is 0. The van der Waals surface area contributed by atoms with Gasteiger partial charge in [0.05, 0.1) is 0 Å². The molecule has 6 heteroatoms. The first-order valence-electron chi connectivity index (χ1n) is 6.29. The fraction of sp³-hybridized carbons (Fsp3) is 0.133. The summed E-state index contributed by atoms with van der Waals surface area (Å²) in [5.41, 5.74) is 1.42. The molecule has 4 nitrogen and oxygen atoms in total. The van der Waals surface area contributed by atoms with E-state index in [1.165, 1.54) is 16.4 Å². The minimum Gasteiger partial charge on any atom is -0.207 e. The van der Waals surface area contributed by atoms with Crippen molar-refractivity contribution >= 4 is 10.0 Å². The van der Waals surface area contributed by atoms with E-state index in [4.69, 9.17) is 5.26 Å². The van der Waals surface area contributed by atoms with Crippen molar-refractivity contribution in [2.75, 3.05) is 0 Å². The van der Waals surface area contributed by atoms with Crippen molar-refractivity contribution in [3.05, 3.63) is 65.0 Å². The molecule has 1 heterocycles. The van der Waals surface area contributed by atoms with Crippen LogP contribution in [0.15, 0.2) is 47.4 Å². The lowest BCUT2D eigenvalue weighted by Gasteiger charge is -2.16. The van der Waals surface area contributed by atoms with Crippen molar-refractivity contribution in [1.82, 2.24) is 4.31 Å². The van der Waals surface area contributed by atoms with E-state index >= 15 is 0 Å². The van der Waals surface area contributed by atoms with Gasteiger partial charge in [0, 0.05) is 13.1 Å². The van der Waals surface area contributed by atoms with Crippen LogP contribution >= 0.6 is 0 Å². The number of hydrogen-bond acceptors (Lipinski definition) is 3. The second-order valence-electron chi connectivity index (χ2n) is 4.77. The molecule has 0 bridgehead atoms. The molecule has 0 amide bonds. The van der Waals surface area contributed by atoms with Gasteiger partial charge in [0.25, 0.3) is 0 Å². The minimum atomic E-state index is -3.90. The highest BCUT2D eigenvalue weighted by atomic mass is 32.2. The second kappa shape index (κ2) is 4.95. The van der Waals surface area contributed by atoms with Crippen molar-refractivity contribution < 1.29 is 12.8 Å². The molecule has 0 saturated heterocycles. The van der Waals surface area contributed by atoms with Crippen LogP contribution in [0.2, 0.25) is 0 Å². The van der Waals surface area contributed by atoms with Crippen molar-refractivity contribution in [2.24, 2.45) is 0 Å². The maximum atomic E-state index is 13.6. The molecule has 106 valence electrons. The molecule has 1 aliphatic rings. The third-order valence-corrected chi connectivity index (χ3v) is 5.35. The van der Waals surface area contributed by atoms with E-state index in [0.29, 0.717) is 0 Å². The molecule has 1 aliphatic heterocycles. The first-order chi connectivity index (χ1) is 10.0. The fourth-order valence-electron chi connectivity index (χ4n) is 2.44. The van der Waals surface area contributed by atoms with Crippen molar-refractivity contribution in [2.45, 2.75) is 18.0 Å². The third kappa shape index (κ3) is 2.20. The number of sulfonamides is 1. The van der Waals surface area contributed by atoms with Gasteiger partial charge >= 0.3 is 0 Å². The lowest BCUT2D eigenvalue weighted by atomic mass is 10.1. The molecule has 2 aromatic carbocycles. The number of halogens is 1. The Kier molecular flexibility index (Phi) is 3.24. The predicted molar refractivity (Wildman–Crippen MR) is 74.0 cm³/mol. The van der Waals surface area contributed by atoms with Crippen molar-refractivity contribution in [3.8, 4) is 6.07 Å². The summed E-state index contributed by atoms with van der Waals surface area (Å²) >= 11 is 0. The molecule has 3 rings (SSSR count). The Hall–Kier alpha value is -2.23. The van der Waals surface area contributed by atoms with Gasteiger partial charge < -0.3 is 0 Å². The summed E-state index contributed by atoms with van der Waals surface area (Å²) in [5.74, 6) is -0.824. The zero-order chi connectivity index (χ0) is 15.0. The van der Waals surface area contributed by atoms with Gasteiger partial charge in [-0.2, -0.15) is 9.57 Å². The van der Waals surface area contributed by atoms with Crippen molar-refractivity contribution in [3.63, 3.8) is 0 Å².